The Hall–Kier alpha value is -2.44. The first-order valence-corrected chi connectivity index (χ1v) is 9.98. The van der Waals surface area contributed by atoms with E-state index in [0.29, 0.717) is 25.6 Å². The van der Waals surface area contributed by atoms with Gasteiger partial charge < -0.3 is 4.57 Å². The van der Waals surface area contributed by atoms with Crippen molar-refractivity contribution in [3.8, 4) is 12.3 Å². The highest BCUT2D eigenvalue weighted by Crippen LogP contribution is 2.21. The normalized spacial score (nSPS) is 12.3. The number of benzene rings is 2. The van der Waals surface area contributed by atoms with Gasteiger partial charge in [0.05, 0.1) is 21.7 Å². The quantitative estimate of drug-likeness (QED) is 0.677. The molecule has 0 bridgehead atoms. The summed E-state index contributed by atoms with van der Waals surface area (Å²) in [7, 11) is -3.83. The number of fused-ring (bicyclic) bond motifs is 1. The van der Waals surface area contributed by atoms with Crippen molar-refractivity contribution in [3.63, 3.8) is 0 Å². The maximum atomic E-state index is 12.4. The van der Waals surface area contributed by atoms with Crippen LogP contribution in [0.1, 0.15) is 10.4 Å². The zero-order valence-corrected chi connectivity index (χ0v) is 15.6. The number of sulfonamides is 1. The maximum Gasteiger partial charge on any atom is 0.279 e. The molecule has 1 heterocycles. The van der Waals surface area contributed by atoms with E-state index in [1.807, 2.05) is 0 Å². The number of halogens is 1. The number of carbonyl (C=O) groups excluding carboxylic acids is 1. The van der Waals surface area contributed by atoms with Gasteiger partial charge in [-0.1, -0.05) is 28.9 Å². The minimum atomic E-state index is -3.83. The molecule has 132 valence electrons. The molecule has 2 aromatic carbocycles. The molecular formula is C17H12ClN3O3S2. The molecule has 0 atom stereocenters. The largest absolute Gasteiger partial charge is 0.305 e. The lowest BCUT2D eigenvalue weighted by Crippen LogP contribution is -2.16. The second-order valence-corrected chi connectivity index (χ2v) is 8.28. The summed E-state index contributed by atoms with van der Waals surface area (Å²) in [6.45, 7) is 0.182. The molecule has 0 aliphatic carbocycles. The number of aromatic nitrogens is 1. The first-order chi connectivity index (χ1) is 12.3. The van der Waals surface area contributed by atoms with Crippen molar-refractivity contribution in [3.05, 3.63) is 57.9 Å². The average Bonchev–Trinajstić information content (AvgIpc) is 2.92. The van der Waals surface area contributed by atoms with E-state index in [4.69, 9.17) is 23.2 Å². The number of terminal acetylenes is 1. The molecule has 0 aliphatic heterocycles. The summed E-state index contributed by atoms with van der Waals surface area (Å²) in [6, 6.07) is 10.8. The van der Waals surface area contributed by atoms with E-state index in [-0.39, 0.29) is 11.4 Å². The third kappa shape index (κ3) is 3.71. The van der Waals surface area contributed by atoms with Crippen molar-refractivity contribution >= 4 is 49.1 Å². The average molecular weight is 406 g/mol. The van der Waals surface area contributed by atoms with Gasteiger partial charge in [-0.05, 0) is 42.5 Å². The van der Waals surface area contributed by atoms with Crippen LogP contribution in [0.15, 0.2) is 52.4 Å². The van der Waals surface area contributed by atoms with Crippen molar-refractivity contribution in [2.45, 2.75) is 11.4 Å². The van der Waals surface area contributed by atoms with Crippen LogP contribution < -0.4 is 9.94 Å². The van der Waals surface area contributed by atoms with Gasteiger partial charge in [0.15, 0.2) is 4.80 Å². The standard InChI is InChI=1S/C17H12ClN3O3S2/c1-2-9-21-14-8-7-13(26(19,23)24)10-15(14)25-17(21)20-16(22)11-3-5-12(18)6-4-11/h1,3-8,10H,9H2,(H2,19,23,24). The zero-order chi connectivity index (χ0) is 18.9. The molecule has 6 nitrogen and oxygen atoms in total. The minimum absolute atomic E-state index is 0.0188. The Balaban J connectivity index is 2.18. The summed E-state index contributed by atoms with van der Waals surface area (Å²) in [5.74, 6) is 2.05. The second kappa shape index (κ2) is 7.05. The fraction of sp³-hybridized carbons (Fsp3) is 0.0588. The van der Waals surface area contributed by atoms with Gasteiger partial charge in [0.25, 0.3) is 5.91 Å². The van der Waals surface area contributed by atoms with Gasteiger partial charge >= 0.3 is 0 Å². The molecule has 0 radical (unpaired) electrons. The lowest BCUT2D eigenvalue weighted by atomic mass is 10.2. The summed E-state index contributed by atoms with van der Waals surface area (Å²) in [4.78, 5) is 16.9. The van der Waals surface area contributed by atoms with Crippen LogP contribution >= 0.6 is 22.9 Å². The summed E-state index contributed by atoms with van der Waals surface area (Å²) in [5.41, 5.74) is 1.05. The zero-order valence-electron chi connectivity index (χ0n) is 13.2. The topological polar surface area (TPSA) is 94.5 Å². The molecule has 3 rings (SSSR count). The predicted molar refractivity (Wildman–Crippen MR) is 101 cm³/mol. The van der Waals surface area contributed by atoms with Crippen LogP contribution in [0.25, 0.3) is 10.2 Å². The highest BCUT2D eigenvalue weighted by atomic mass is 35.5. The molecule has 0 fully saturated rings. The van der Waals surface area contributed by atoms with Crippen LogP contribution in [-0.2, 0) is 16.6 Å². The van der Waals surface area contributed by atoms with Crippen molar-refractivity contribution < 1.29 is 13.2 Å². The van der Waals surface area contributed by atoms with E-state index in [1.54, 1.807) is 34.9 Å². The summed E-state index contributed by atoms with van der Waals surface area (Å²) < 4.78 is 25.4. The van der Waals surface area contributed by atoms with Crippen LogP contribution in [-0.4, -0.2) is 18.9 Å². The molecule has 1 aromatic heterocycles. The van der Waals surface area contributed by atoms with Gasteiger partial charge in [-0.25, -0.2) is 13.6 Å². The fourth-order valence-electron chi connectivity index (χ4n) is 2.30. The lowest BCUT2D eigenvalue weighted by molar-refractivity contribution is 0.0998. The summed E-state index contributed by atoms with van der Waals surface area (Å²) in [5, 5.41) is 5.68. The maximum absolute atomic E-state index is 12.4. The molecule has 0 saturated heterocycles. The molecular weight excluding hydrogens is 394 g/mol. The van der Waals surface area contributed by atoms with Gasteiger partial charge in [-0.2, -0.15) is 4.99 Å². The van der Waals surface area contributed by atoms with Crippen LogP contribution in [0.4, 0.5) is 0 Å². The van der Waals surface area contributed by atoms with E-state index >= 15 is 0 Å². The first-order valence-electron chi connectivity index (χ1n) is 7.24. The van der Waals surface area contributed by atoms with E-state index in [2.05, 4.69) is 10.9 Å². The van der Waals surface area contributed by atoms with Crippen molar-refractivity contribution in [2.75, 3.05) is 0 Å². The molecule has 3 aromatic rings. The van der Waals surface area contributed by atoms with Gasteiger partial charge in [0.1, 0.15) is 0 Å². The number of thiazole rings is 1. The third-order valence-electron chi connectivity index (χ3n) is 3.52. The SMILES string of the molecule is C#CCn1c(=NC(=O)c2ccc(Cl)cc2)sc2cc(S(N)(=O)=O)ccc21. The molecule has 1 amide bonds. The van der Waals surface area contributed by atoms with Crippen LogP contribution in [0.3, 0.4) is 0 Å². The molecule has 0 unspecified atom stereocenters. The van der Waals surface area contributed by atoms with E-state index in [0.717, 1.165) is 11.3 Å². The number of hydrogen-bond donors (Lipinski definition) is 1. The van der Waals surface area contributed by atoms with Gasteiger partial charge in [0.2, 0.25) is 10.0 Å². The molecule has 0 spiro atoms. The number of hydrogen-bond acceptors (Lipinski definition) is 4. The second-order valence-electron chi connectivity index (χ2n) is 5.27. The highest BCUT2D eigenvalue weighted by molar-refractivity contribution is 7.89. The summed E-state index contributed by atoms with van der Waals surface area (Å²) >= 11 is 6.98. The molecule has 26 heavy (non-hydrogen) atoms. The Kier molecular flexibility index (Phi) is 4.98. The van der Waals surface area contributed by atoms with E-state index in [1.165, 1.54) is 12.1 Å². The number of rotatable bonds is 3. The Morgan fingerprint density at radius 3 is 2.58 bits per heavy atom. The Labute approximate surface area is 158 Å². The van der Waals surface area contributed by atoms with Gasteiger partial charge in [-0.15, -0.1) is 6.42 Å². The predicted octanol–water partition coefficient (Wildman–Crippen LogP) is 2.38. The fourth-order valence-corrected chi connectivity index (χ4v) is 4.11. The van der Waals surface area contributed by atoms with Crippen LogP contribution in [0, 0.1) is 12.3 Å². The van der Waals surface area contributed by atoms with Gasteiger partial charge in [0, 0.05) is 10.6 Å². The molecule has 2 N–H and O–H groups in total. The number of carbonyl (C=O) groups is 1. The highest BCUT2D eigenvalue weighted by Gasteiger charge is 2.13. The minimum Gasteiger partial charge on any atom is -0.305 e. The lowest BCUT2D eigenvalue weighted by Gasteiger charge is -2.01. The molecule has 0 aliphatic rings. The summed E-state index contributed by atoms with van der Waals surface area (Å²) in [6.07, 6.45) is 5.41. The van der Waals surface area contributed by atoms with E-state index < -0.39 is 15.9 Å². The van der Waals surface area contributed by atoms with Crippen molar-refractivity contribution in [1.29, 1.82) is 0 Å². The number of nitrogens with two attached hydrogens (primary N) is 1. The smallest absolute Gasteiger partial charge is 0.279 e. The van der Waals surface area contributed by atoms with E-state index in [9.17, 15) is 13.2 Å². The number of nitrogens with zero attached hydrogens (tertiary/aromatic N) is 2. The van der Waals surface area contributed by atoms with Gasteiger partial charge in [-0.3, -0.25) is 4.79 Å². The molecule has 0 saturated carbocycles. The Morgan fingerprint density at radius 2 is 1.96 bits per heavy atom. The van der Waals surface area contributed by atoms with Crippen LogP contribution in [0.5, 0.6) is 0 Å². The Bertz CT molecular complexity index is 1220. The van der Waals surface area contributed by atoms with Crippen molar-refractivity contribution in [1.82, 2.24) is 4.57 Å². The monoisotopic (exact) mass is 405 g/mol. The first kappa shape index (κ1) is 18.4. The van der Waals surface area contributed by atoms with Crippen molar-refractivity contribution in [2.24, 2.45) is 10.1 Å². The number of amides is 1. The number of primary sulfonamides is 1. The van der Waals surface area contributed by atoms with Crippen LogP contribution in [0.2, 0.25) is 5.02 Å². The molecule has 9 heteroatoms. The third-order valence-corrected chi connectivity index (χ3v) is 5.72. The Morgan fingerprint density at radius 1 is 1.27 bits per heavy atom.